The molecule has 0 radical (unpaired) electrons. The third-order valence-electron chi connectivity index (χ3n) is 2.03. The minimum atomic E-state index is 0.316. The van der Waals surface area contributed by atoms with Gasteiger partial charge >= 0.3 is 0 Å². The number of rotatable bonds is 3. The van der Waals surface area contributed by atoms with Crippen molar-refractivity contribution in [1.29, 1.82) is 5.26 Å². The molecular formula is C10H14N4. The summed E-state index contributed by atoms with van der Waals surface area (Å²) in [6.45, 7) is 5.94. The van der Waals surface area contributed by atoms with Crippen molar-refractivity contribution < 1.29 is 0 Å². The van der Waals surface area contributed by atoms with E-state index >= 15 is 0 Å². The maximum atomic E-state index is 8.82. The molecule has 0 bridgehead atoms. The monoisotopic (exact) mass is 190 g/mol. The van der Waals surface area contributed by atoms with Crippen LogP contribution in [-0.4, -0.2) is 16.0 Å². The highest BCUT2D eigenvalue weighted by atomic mass is 15.0. The van der Waals surface area contributed by atoms with Gasteiger partial charge in [-0.3, -0.25) is 0 Å². The molecule has 0 aliphatic heterocycles. The minimum Gasteiger partial charge on any atom is -0.366 e. The molecule has 74 valence electrons. The molecule has 4 nitrogen and oxygen atoms in total. The van der Waals surface area contributed by atoms with Crippen LogP contribution < -0.4 is 5.32 Å². The summed E-state index contributed by atoms with van der Waals surface area (Å²) < 4.78 is 0. The van der Waals surface area contributed by atoms with Gasteiger partial charge in [0, 0.05) is 6.04 Å². The molecule has 1 N–H and O–H groups in total. The fourth-order valence-corrected chi connectivity index (χ4v) is 0.997. The van der Waals surface area contributed by atoms with E-state index in [1.165, 1.54) is 0 Å². The van der Waals surface area contributed by atoms with Crippen LogP contribution in [0.15, 0.2) is 6.20 Å². The SMILES string of the molecule is CCC(C)Nc1nc(C)ncc1C#N. The predicted octanol–water partition coefficient (Wildman–Crippen LogP) is 1.87. The molecular weight excluding hydrogens is 176 g/mol. The highest BCUT2D eigenvalue weighted by molar-refractivity contribution is 5.50. The van der Waals surface area contributed by atoms with E-state index in [1.54, 1.807) is 6.20 Å². The molecule has 1 heterocycles. The number of aryl methyl sites for hydroxylation is 1. The first-order chi connectivity index (χ1) is 6.67. The Morgan fingerprint density at radius 2 is 2.36 bits per heavy atom. The van der Waals surface area contributed by atoms with Crippen molar-refractivity contribution in [3.05, 3.63) is 17.6 Å². The molecule has 1 aromatic rings. The first-order valence-electron chi connectivity index (χ1n) is 4.67. The lowest BCUT2D eigenvalue weighted by atomic mass is 10.2. The van der Waals surface area contributed by atoms with E-state index in [9.17, 15) is 0 Å². The Bertz CT molecular complexity index is 354. The second-order valence-electron chi connectivity index (χ2n) is 3.24. The minimum absolute atomic E-state index is 0.316. The van der Waals surface area contributed by atoms with Crippen molar-refractivity contribution in [2.45, 2.75) is 33.2 Å². The maximum Gasteiger partial charge on any atom is 0.147 e. The van der Waals surface area contributed by atoms with E-state index in [-0.39, 0.29) is 0 Å². The molecule has 4 heteroatoms. The Labute approximate surface area is 84.0 Å². The lowest BCUT2D eigenvalue weighted by molar-refractivity contribution is 0.756. The van der Waals surface area contributed by atoms with Crippen LogP contribution in [0, 0.1) is 18.3 Å². The Morgan fingerprint density at radius 3 is 2.93 bits per heavy atom. The number of aromatic nitrogens is 2. The smallest absolute Gasteiger partial charge is 0.147 e. The highest BCUT2D eigenvalue weighted by Crippen LogP contribution is 2.12. The van der Waals surface area contributed by atoms with E-state index in [1.807, 2.05) is 6.92 Å². The average molecular weight is 190 g/mol. The van der Waals surface area contributed by atoms with Crippen molar-refractivity contribution in [3.8, 4) is 6.07 Å². The van der Waals surface area contributed by atoms with Crippen molar-refractivity contribution in [3.63, 3.8) is 0 Å². The molecule has 0 aliphatic carbocycles. The third-order valence-corrected chi connectivity index (χ3v) is 2.03. The summed E-state index contributed by atoms with van der Waals surface area (Å²) in [6.07, 6.45) is 2.54. The van der Waals surface area contributed by atoms with Gasteiger partial charge in [-0.2, -0.15) is 5.26 Å². The zero-order chi connectivity index (χ0) is 10.6. The maximum absolute atomic E-state index is 8.82. The van der Waals surface area contributed by atoms with Gasteiger partial charge in [0.05, 0.1) is 6.20 Å². The summed E-state index contributed by atoms with van der Waals surface area (Å²) in [7, 11) is 0. The van der Waals surface area contributed by atoms with Crippen LogP contribution in [0.4, 0.5) is 5.82 Å². The summed E-state index contributed by atoms with van der Waals surface area (Å²) >= 11 is 0. The number of anilines is 1. The van der Waals surface area contributed by atoms with Crippen LogP contribution in [0.25, 0.3) is 0 Å². The van der Waals surface area contributed by atoms with Gasteiger partial charge in [0.1, 0.15) is 23.3 Å². The molecule has 0 saturated carbocycles. The predicted molar refractivity (Wildman–Crippen MR) is 54.9 cm³/mol. The van der Waals surface area contributed by atoms with E-state index in [0.29, 0.717) is 23.2 Å². The first-order valence-corrected chi connectivity index (χ1v) is 4.67. The molecule has 0 saturated heterocycles. The molecule has 0 amide bonds. The van der Waals surface area contributed by atoms with Crippen LogP contribution in [0.3, 0.4) is 0 Å². The van der Waals surface area contributed by atoms with E-state index in [4.69, 9.17) is 5.26 Å². The van der Waals surface area contributed by atoms with Gasteiger partial charge in [-0.1, -0.05) is 6.92 Å². The quantitative estimate of drug-likeness (QED) is 0.790. The lowest BCUT2D eigenvalue weighted by Gasteiger charge is -2.12. The van der Waals surface area contributed by atoms with Crippen LogP contribution in [-0.2, 0) is 0 Å². The number of hydrogen-bond donors (Lipinski definition) is 1. The zero-order valence-electron chi connectivity index (χ0n) is 8.70. The molecule has 1 unspecified atom stereocenters. The van der Waals surface area contributed by atoms with Gasteiger partial charge in [0.15, 0.2) is 0 Å². The van der Waals surface area contributed by atoms with E-state index in [0.717, 1.165) is 6.42 Å². The van der Waals surface area contributed by atoms with Crippen molar-refractivity contribution in [2.75, 3.05) is 5.32 Å². The van der Waals surface area contributed by atoms with E-state index in [2.05, 4.69) is 35.2 Å². The normalized spacial score (nSPS) is 11.9. The number of hydrogen-bond acceptors (Lipinski definition) is 4. The molecule has 0 aromatic carbocycles. The average Bonchev–Trinajstić information content (AvgIpc) is 2.18. The van der Waals surface area contributed by atoms with Crippen molar-refractivity contribution in [1.82, 2.24) is 9.97 Å². The first kappa shape index (κ1) is 10.5. The second-order valence-corrected chi connectivity index (χ2v) is 3.24. The summed E-state index contributed by atoms with van der Waals surface area (Å²) in [6, 6.07) is 2.38. The van der Waals surface area contributed by atoms with Crippen LogP contribution in [0.2, 0.25) is 0 Å². The highest BCUT2D eigenvalue weighted by Gasteiger charge is 2.06. The second kappa shape index (κ2) is 4.56. The molecule has 1 aromatic heterocycles. The summed E-state index contributed by atoms with van der Waals surface area (Å²) in [5.74, 6) is 1.31. The molecule has 0 aliphatic rings. The van der Waals surface area contributed by atoms with Gasteiger partial charge in [-0.05, 0) is 20.3 Å². The zero-order valence-corrected chi connectivity index (χ0v) is 8.70. The summed E-state index contributed by atoms with van der Waals surface area (Å²) in [5.41, 5.74) is 0.496. The Balaban J connectivity index is 2.94. The standard InChI is InChI=1S/C10H14N4/c1-4-7(2)13-10-9(5-11)6-12-8(3)14-10/h6-7H,4H2,1-3H3,(H,12,13,14). The third kappa shape index (κ3) is 2.43. The Kier molecular flexibility index (Phi) is 3.41. The lowest BCUT2D eigenvalue weighted by Crippen LogP contribution is -2.16. The Hall–Kier alpha value is -1.63. The molecule has 0 fully saturated rings. The van der Waals surface area contributed by atoms with Crippen LogP contribution in [0.1, 0.15) is 31.7 Å². The fourth-order valence-electron chi connectivity index (χ4n) is 0.997. The molecule has 1 atom stereocenters. The molecule has 1 rings (SSSR count). The van der Waals surface area contributed by atoms with Gasteiger partial charge in [-0.25, -0.2) is 9.97 Å². The fraction of sp³-hybridized carbons (Fsp3) is 0.500. The van der Waals surface area contributed by atoms with Gasteiger partial charge in [0.2, 0.25) is 0 Å². The van der Waals surface area contributed by atoms with Crippen molar-refractivity contribution in [2.24, 2.45) is 0 Å². The molecule has 0 spiro atoms. The number of nitrogens with zero attached hydrogens (tertiary/aromatic N) is 3. The van der Waals surface area contributed by atoms with Gasteiger partial charge in [0.25, 0.3) is 0 Å². The Morgan fingerprint density at radius 1 is 1.64 bits per heavy atom. The van der Waals surface area contributed by atoms with Crippen LogP contribution >= 0.6 is 0 Å². The van der Waals surface area contributed by atoms with Crippen LogP contribution in [0.5, 0.6) is 0 Å². The summed E-state index contributed by atoms with van der Waals surface area (Å²) in [4.78, 5) is 8.16. The van der Waals surface area contributed by atoms with E-state index < -0.39 is 0 Å². The summed E-state index contributed by atoms with van der Waals surface area (Å²) in [5, 5.41) is 12.0. The largest absolute Gasteiger partial charge is 0.366 e. The number of nitrogens with one attached hydrogen (secondary N) is 1. The van der Waals surface area contributed by atoms with Gasteiger partial charge < -0.3 is 5.32 Å². The van der Waals surface area contributed by atoms with Gasteiger partial charge in [-0.15, -0.1) is 0 Å². The number of nitriles is 1. The topological polar surface area (TPSA) is 61.6 Å². The van der Waals surface area contributed by atoms with Crippen molar-refractivity contribution >= 4 is 5.82 Å². The molecule has 14 heavy (non-hydrogen) atoms.